The van der Waals surface area contributed by atoms with E-state index in [1.54, 1.807) is 6.33 Å². The molecule has 0 fully saturated rings. The van der Waals surface area contributed by atoms with Crippen molar-refractivity contribution in [2.24, 2.45) is 0 Å². The Morgan fingerprint density at radius 1 is 1.12 bits per heavy atom. The second-order valence-corrected chi connectivity index (χ2v) is 6.10. The van der Waals surface area contributed by atoms with Gasteiger partial charge in [-0.2, -0.15) is 0 Å². The summed E-state index contributed by atoms with van der Waals surface area (Å²) < 4.78 is 12.6. The number of halogens is 1. The molecule has 0 saturated carbocycles. The van der Waals surface area contributed by atoms with Gasteiger partial charge < -0.3 is 14.8 Å². The van der Waals surface area contributed by atoms with Gasteiger partial charge in [0.15, 0.2) is 17.3 Å². The molecule has 0 radical (unpaired) electrons. The van der Waals surface area contributed by atoms with Crippen molar-refractivity contribution < 1.29 is 9.47 Å². The Bertz CT molecular complexity index is 1110. The zero-order valence-corrected chi connectivity index (χ0v) is 13.7. The second-order valence-electron chi connectivity index (χ2n) is 5.66. The van der Waals surface area contributed by atoms with Gasteiger partial charge in [0.1, 0.15) is 6.33 Å². The summed E-state index contributed by atoms with van der Waals surface area (Å²) in [4.78, 5) is 4.66. The molecule has 0 bridgehead atoms. The summed E-state index contributed by atoms with van der Waals surface area (Å²) in [5, 5.41) is 12.1. The minimum atomic E-state index is 0.265. The van der Waals surface area contributed by atoms with Crippen molar-refractivity contribution >= 4 is 34.1 Å². The van der Waals surface area contributed by atoms with Crippen LogP contribution in [-0.4, -0.2) is 26.4 Å². The van der Waals surface area contributed by atoms with E-state index in [2.05, 4.69) is 20.5 Å². The maximum absolute atomic E-state index is 6.09. The van der Waals surface area contributed by atoms with Crippen molar-refractivity contribution in [3.63, 3.8) is 0 Å². The summed E-state index contributed by atoms with van der Waals surface area (Å²) in [5.41, 5.74) is 3.38. The molecule has 2 aromatic heterocycles. The number of nitrogens with zero attached hydrogens (tertiary/aromatic N) is 4. The molecule has 3 heterocycles. The molecule has 0 spiro atoms. The van der Waals surface area contributed by atoms with Gasteiger partial charge >= 0.3 is 0 Å². The first-order valence-corrected chi connectivity index (χ1v) is 8.07. The smallest absolute Gasteiger partial charge is 0.231 e. The average molecular weight is 354 g/mol. The van der Waals surface area contributed by atoms with Gasteiger partial charge in [0.25, 0.3) is 0 Å². The number of benzene rings is 2. The van der Waals surface area contributed by atoms with Crippen LogP contribution in [0, 0.1) is 0 Å². The molecule has 1 N–H and O–H groups in total. The number of rotatable bonds is 3. The van der Waals surface area contributed by atoms with Crippen LogP contribution in [0.15, 0.2) is 42.7 Å². The number of aromatic nitrogens is 4. The third kappa shape index (κ3) is 2.40. The van der Waals surface area contributed by atoms with Crippen molar-refractivity contribution in [3.05, 3.63) is 53.3 Å². The van der Waals surface area contributed by atoms with Crippen molar-refractivity contribution in [2.75, 3.05) is 12.1 Å². The van der Waals surface area contributed by atoms with Crippen LogP contribution in [0.5, 0.6) is 11.5 Å². The van der Waals surface area contributed by atoms with E-state index >= 15 is 0 Å². The van der Waals surface area contributed by atoms with Gasteiger partial charge in [0.2, 0.25) is 12.4 Å². The number of hydrogen-bond acceptors (Lipinski definition) is 6. The summed E-state index contributed by atoms with van der Waals surface area (Å²) in [6.07, 6.45) is 1.65. The van der Waals surface area contributed by atoms with Crippen LogP contribution >= 0.6 is 11.6 Å². The maximum atomic E-state index is 6.09. The Balaban J connectivity index is 1.51. The van der Waals surface area contributed by atoms with Gasteiger partial charge in [-0.25, -0.2) is 4.98 Å². The SMILES string of the molecule is Clc1ccc2nc(NCc3ccc4c(c3)OCO4)c3nncn3c2c1. The van der Waals surface area contributed by atoms with Crippen LogP contribution in [0.25, 0.3) is 16.7 Å². The lowest BCUT2D eigenvalue weighted by Crippen LogP contribution is -2.05. The molecule has 4 aromatic rings. The van der Waals surface area contributed by atoms with Gasteiger partial charge in [-0.15, -0.1) is 10.2 Å². The predicted molar refractivity (Wildman–Crippen MR) is 93.2 cm³/mol. The van der Waals surface area contributed by atoms with Crippen molar-refractivity contribution in [2.45, 2.75) is 6.54 Å². The lowest BCUT2D eigenvalue weighted by Gasteiger charge is -2.10. The van der Waals surface area contributed by atoms with Gasteiger partial charge in [0.05, 0.1) is 11.0 Å². The quantitative estimate of drug-likeness (QED) is 0.609. The van der Waals surface area contributed by atoms with Crippen molar-refractivity contribution in [1.82, 2.24) is 19.6 Å². The zero-order chi connectivity index (χ0) is 16.8. The van der Waals surface area contributed by atoms with E-state index in [0.717, 1.165) is 28.1 Å². The predicted octanol–water partition coefficient (Wildman–Crippen LogP) is 3.27. The van der Waals surface area contributed by atoms with Crippen molar-refractivity contribution in [3.8, 4) is 11.5 Å². The van der Waals surface area contributed by atoms with E-state index in [1.807, 2.05) is 40.8 Å². The lowest BCUT2D eigenvalue weighted by atomic mass is 10.2. The Labute approximate surface area is 147 Å². The fourth-order valence-electron chi connectivity index (χ4n) is 2.88. The molecular weight excluding hydrogens is 342 g/mol. The largest absolute Gasteiger partial charge is 0.454 e. The summed E-state index contributed by atoms with van der Waals surface area (Å²) in [6, 6.07) is 11.4. The Morgan fingerprint density at radius 2 is 2.04 bits per heavy atom. The zero-order valence-electron chi connectivity index (χ0n) is 12.9. The van der Waals surface area contributed by atoms with Crippen LogP contribution in [0.1, 0.15) is 5.56 Å². The van der Waals surface area contributed by atoms with Gasteiger partial charge in [-0.1, -0.05) is 17.7 Å². The standard InChI is InChI=1S/C17H12ClN5O2/c18-11-2-3-12-13(6-11)23-8-20-22-17(23)16(21-12)19-7-10-1-4-14-15(5-10)25-9-24-14/h1-6,8H,7,9H2,(H,19,21). The highest BCUT2D eigenvalue weighted by atomic mass is 35.5. The Hall–Kier alpha value is -3.06. The minimum absolute atomic E-state index is 0.265. The van der Waals surface area contributed by atoms with E-state index in [-0.39, 0.29) is 6.79 Å². The monoisotopic (exact) mass is 353 g/mol. The van der Waals surface area contributed by atoms with E-state index in [1.165, 1.54) is 0 Å². The molecule has 0 aliphatic carbocycles. The molecule has 0 saturated heterocycles. The maximum Gasteiger partial charge on any atom is 0.231 e. The van der Waals surface area contributed by atoms with E-state index in [9.17, 15) is 0 Å². The molecule has 8 heteroatoms. The van der Waals surface area contributed by atoms with Gasteiger partial charge in [-0.3, -0.25) is 4.40 Å². The molecule has 1 aliphatic rings. The fraction of sp³-hybridized carbons (Fsp3) is 0.118. The molecule has 0 atom stereocenters. The molecule has 124 valence electrons. The van der Waals surface area contributed by atoms with E-state index < -0.39 is 0 Å². The number of anilines is 1. The first-order valence-electron chi connectivity index (χ1n) is 7.69. The molecule has 1 aliphatic heterocycles. The molecular formula is C17H12ClN5O2. The number of nitrogens with one attached hydrogen (secondary N) is 1. The van der Waals surface area contributed by atoms with Crippen LogP contribution in [-0.2, 0) is 6.54 Å². The highest BCUT2D eigenvalue weighted by molar-refractivity contribution is 6.31. The molecule has 0 unspecified atom stereocenters. The van der Waals surface area contributed by atoms with Crippen molar-refractivity contribution in [1.29, 1.82) is 0 Å². The summed E-state index contributed by atoms with van der Waals surface area (Å²) in [6.45, 7) is 0.840. The number of fused-ring (bicyclic) bond motifs is 4. The molecule has 25 heavy (non-hydrogen) atoms. The summed E-state index contributed by atoms with van der Waals surface area (Å²) >= 11 is 6.09. The highest BCUT2D eigenvalue weighted by Crippen LogP contribution is 2.32. The summed E-state index contributed by atoms with van der Waals surface area (Å²) in [5.74, 6) is 2.18. The highest BCUT2D eigenvalue weighted by Gasteiger charge is 2.14. The third-order valence-electron chi connectivity index (χ3n) is 4.09. The molecule has 7 nitrogen and oxygen atoms in total. The van der Waals surface area contributed by atoms with Crippen LogP contribution < -0.4 is 14.8 Å². The first-order chi connectivity index (χ1) is 12.3. The van der Waals surface area contributed by atoms with Gasteiger partial charge in [-0.05, 0) is 35.9 Å². The van der Waals surface area contributed by atoms with E-state index in [4.69, 9.17) is 21.1 Å². The second kappa shape index (κ2) is 5.49. The Morgan fingerprint density at radius 3 is 3.00 bits per heavy atom. The summed E-state index contributed by atoms with van der Waals surface area (Å²) in [7, 11) is 0. The van der Waals surface area contributed by atoms with Gasteiger partial charge in [0, 0.05) is 11.6 Å². The van der Waals surface area contributed by atoms with Crippen LogP contribution in [0.2, 0.25) is 5.02 Å². The fourth-order valence-corrected chi connectivity index (χ4v) is 3.05. The number of ether oxygens (including phenoxy) is 2. The molecule has 0 amide bonds. The number of hydrogen-bond donors (Lipinski definition) is 1. The first kappa shape index (κ1) is 14.3. The normalized spacial score (nSPS) is 12.8. The topological polar surface area (TPSA) is 73.6 Å². The molecule has 5 rings (SSSR count). The molecule has 2 aromatic carbocycles. The van der Waals surface area contributed by atoms with Crippen LogP contribution in [0.3, 0.4) is 0 Å². The van der Waals surface area contributed by atoms with E-state index in [0.29, 0.717) is 23.0 Å². The average Bonchev–Trinajstić information content (AvgIpc) is 3.29. The Kier molecular flexibility index (Phi) is 3.14. The minimum Gasteiger partial charge on any atom is -0.454 e. The van der Waals surface area contributed by atoms with Crippen LogP contribution in [0.4, 0.5) is 5.82 Å². The lowest BCUT2D eigenvalue weighted by molar-refractivity contribution is 0.174. The third-order valence-corrected chi connectivity index (χ3v) is 4.32.